The lowest BCUT2D eigenvalue weighted by Crippen LogP contribution is -2.42. The van der Waals surface area contributed by atoms with Crippen LogP contribution in [0.3, 0.4) is 0 Å². The fourth-order valence-electron chi connectivity index (χ4n) is 3.33. The number of aryl methyl sites for hydroxylation is 1. The second-order valence-electron chi connectivity index (χ2n) is 6.93. The van der Waals surface area contributed by atoms with Crippen molar-refractivity contribution in [3.05, 3.63) is 18.0 Å². The van der Waals surface area contributed by atoms with Crippen LogP contribution in [0.15, 0.2) is 12.4 Å². The van der Waals surface area contributed by atoms with Crippen LogP contribution >= 0.6 is 12.4 Å². The first-order chi connectivity index (χ1) is 10.1. The van der Waals surface area contributed by atoms with Gasteiger partial charge in [-0.15, -0.1) is 12.4 Å². The van der Waals surface area contributed by atoms with E-state index in [2.05, 4.69) is 29.2 Å². The van der Waals surface area contributed by atoms with Gasteiger partial charge in [0.25, 0.3) is 0 Å². The van der Waals surface area contributed by atoms with Crippen molar-refractivity contribution in [1.29, 1.82) is 0 Å². The lowest BCUT2D eigenvalue weighted by atomic mass is 9.89. The number of nitrogens with zero attached hydrogens (tertiary/aromatic N) is 3. The molecule has 1 saturated carbocycles. The Balaban J connectivity index is 0.00000176. The smallest absolute Gasteiger partial charge is 0.227 e. The number of hydrogen-bond acceptors (Lipinski definition) is 3. The second kappa shape index (κ2) is 7.01. The molecule has 0 aromatic carbocycles. The highest BCUT2D eigenvalue weighted by atomic mass is 35.5. The molecule has 1 aliphatic heterocycles. The van der Waals surface area contributed by atoms with Crippen molar-refractivity contribution in [1.82, 2.24) is 20.0 Å². The molecule has 5 nitrogen and oxygen atoms in total. The van der Waals surface area contributed by atoms with Crippen LogP contribution in [0.5, 0.6) is 0 Å². The molecule has 0 spiro atoms. The molecular formula is C16H27ClN4O. The van der Waals surface area contributed by atoms with Gasteiger partial charge in [0.2, 0.25) is 5.91 Å². The van der Waals surface area contributed by atoms with Gasteiger partial charge in [-0.25, -0.2) is 0 Å². The quantitative estimate of drug-likeness (QED) is 0.897. The molecule has 6 heteroatoms. The molecule has 2 fully saturated rings. The Morgan fingerprint density at radius 3 is 2.73 bits per heavy atom. The van der Waals surface area contributed by atoms with Gasteiger partial charge in [-0.3, -0.25) is 9.48 Å². The van der Waals surface area contributed by atoms with Crippen molar-refractivity contribution in [3.63, 3.8) is 0 Å². The van der Waals surface area contributed by atoms with Gasteiger partial charge in [-0.2, -0.15) is 5.10 Å². The van der Waals surface area contributed by atoms with Crippen LogP contribution in [0.4, 0.5) is 0 Å². The van der Waals surface area contributed by atoms with Crippen LogP contribution in [0.1, 0.15) is 38.2 Å². The average Bonchev–Trinajstić information content (AvgIpc) is 2.99. The fraction of sp³-hybridized carbons (Fsp3) is 0.750. The minimum absolute atomic E-state index is 0. The molecule has 22 heavy (non-hydrogen) atoms. The predicted octanol–water partition coefficient (Wildman–Crippen LogP) is 1.79. The Morgan fingerprint density at radius 1 is 1.45 bits per heavy atom. The van der Waals surface area contributed by atoms with Crippen molar-refractivity contribution in [2.75, 3.05) is 19.6 Å². The van der Waals surface area contributed by atoms with Crippen LogP contribution in [0, 0.1) is 11.8 Å². The molecule has 124 valence electrons. The summed E-state index contributed by atoms with van der Waals surface area (Å²) in [7, 11) is 1.93. The molecule has 2 aliphatic rings. The highest BCUT2D eigenvalue weighted by molar-refractivity contribution is 5.85. The molecule has 1 N–H and O–H groups in total. The third-order valence-corrected chi connectivity index (χ3v) is 4.52. The zero-order valence-electron chi connectivity index (χ0n) is 13.7. The summed E-state index contributed by atoms with van der Waals surface area (Å²) in [4.78, 5) is 15.2. The zero-order valence-corrected chi connectivity index (χ0v) is 14.5. The van der Waals surface area contributed by atoms with Crippen LogP contribution in [0.25, 0.3) is 0 Å². The summed E-state index contributed by atoms with van der Waals surface area (Å²) in [5, 5.41) is 7.65. The first kappa shape index (κ1) is 17.3. The summed E-state index contributed by atoms with van der Waals surface area (Å²) in [5.74, 6) is 1.19. The predicted molar refractivity (Wildman–Crippen MR) is 89.1 cm³/mol. The van der Waals surface area contributed by atoms with Gasteiger partial charge in [-0.05, 0) is 24.3 Å². The van der Waals surface area contributed by atoms with E-state index in [1.807, 2.05) is 24.1 Å². The van der Waals surface area contributed by atoms with Gasteiger partial charge in [0.1, 0.15) is 0 Å². The Labute approximate surface area is 138 Å². The zero-order chi connectivity index (χ0) is 15.0. The molecule has 3 rings (SSSR count). The molecule has 2 heterocycles. The lowest BCUT2D eigenvalue weighted by Gasteiger charge is -2.29. The molecule has 1 saturated heterocycles. The van der Waals surface area contributed by atoms with Gasteiger partial charge in [0.05, 0.1) is 12.1 Å². The Bertz CT molecular complexity index is 512. The summed E-state index contributed by atoms with van der Waals surface area (Å²) in [6.07, 6.45) is 6.30. The highest BCUT2D eigenvalue weighted by Gasteiger charge is 2.41. The van der Waals surface area contributed by atoms with Crippen molar-refractivity contribution in [3.8, 4) is 0 Å². The molecular weight excluding hydrogens is 300 g/mol. The van der Waals surface area contributed by atoms with Crippen molar-refractivity contribution in [2.24, 2.45) is 18.9 Å². The number of carbonyl (C=O) groups is 1. The summed E-state index contributed by atoms with van der Waals surface area (Å²) < 4.78 is 1.82. The van der Waals surface area contributed by atoms with Crippen LogP contribution in [-0.4, -0.2) is 46.3 Å². The summed E-state index contributed by atoms with van der Waals surface area (Å²) in [5.41, 5.74) is 1.18. The number of amides is 1. The van der Waals surface area contributed by atoms with Crippen LogP contribution in [-0.2, 0) is 11.8 Å². The van der Waals surface area contributed by atoms with Gasteiger partial charge < -0.3 is 10.2 Å². The van der Waals surface area contributed by atoms with E-state index in [4.69, 9.17) is 0 Å². The maximum absolute atomic E-state index is 13.0. The molecule has 1 aromatic heterocycles. The van der Waals surface area contributed by atoms with Gasteiger partial charge in [0, 0.05) is 44.8 Å². The SMILES string of the molecule is CC(C)CN(C(=O)[C@H]1CNC[C@@H]1c1cnn(C)c1)C1CC1.Cl. The Kier molecular flexibility index (Phi) is 5.50. The van der Waals surface area contributed by atoms with E-state index in [1.165, 1.54) is 18.4 Å². The van der Waals surface area contributed by atoms with Crippen molar-refractivity contribution < 1.29 is 4.79 Å². The maximum Gasteiger partial charge on any atom is 0.227 e. The number of hydrogen-bond donors (Lipinski definition) is 1. The largest absolute Gasteiger partial charge is 0.339 e. The third kappa shape index (κ3) is 3.63. The van der Waals surface area contributed by atoms with Gasteiger partial charge in [0.15, 0.2) is 0 Å². The van der Waals surface area contributed by atoms with Crippen LogP contribution < -0.4 is 5.32 Å². The highest BCUT2D eigenvalue weighted by Crippen LogP contribution is 2.34. The molecule has 0 bridgehead atoms. The Hall–Kier alpha value is -1.07. The summed E-state index contributed by atoms with van der Waals surface area (Å²) >= 11 is 0. The summed E-state index contributed by atoms with van der Waals surface area (Å²) in [6.45, 7) is 6.93. The van der Waals surface area contributed by atoms with E-state index < -0.39 is 0 Å². The second-order valence-corrected chi connectivity index (χ2v) is 6.93. The normalized spacial score (nSPS) is 24.4. The van der Waals surface area contributed by atoms with E-state index in [0.717, 1.165) is 19.6 Å². The van der Waals surface area contributed by atoms with E-state index in [9.17, 15) is 4.79 Å². The molecule has 1 aliphatic carbocycles. The molecule has 0 radical (unpaired) electrons. The first-order valence-corrected chi connectivity index (χ1v) is 8.06. The minimum atomic E-state index is 0. The summed E-state index contributed by atoms with van der Waals surface area (Å²) in [6, 6.07) is 0.495. The first-order valence-electron chi connectivity index (χ1n) is 8.06. The van der Waals surface area contributed by atoms with E-state index in [1.54, 1.807) is 0 Å². The number of halogens is 1. The minimum Gasteiger partial charge on any atom is -0.339 e. The molecule has 2 atom stereocenters. The molecule has 0 unspecified atom stereocenters. The third-order valence-electron chi connectivity index (χ3n) is 4.52. The Morgan fingerprint density at radius 2 is 2.18 bits per heavy atom. The molecule has 1 aromatic rings. The van der Waals surface area contributed by atoms with Crippen molar-refractivity contribution in [2.45, 2.75) is 38.6 Å². The monoisotopic (exact) mass is 326 g/mol. The van der Waals surface area contributed by atoms with E-state index in [-0.39, 0.29) is 24.2 Å². The van der Waals surface area contributed by atoms with Gasteiger partial charge in [-0.1, -0.05) is 13.8 Å². The van der Waals surface area contributed by atoms with Crippen LogP contribution in [0.2, 0.25) is 0 Å². The standard InChI is InChI=1S/C16H26N4O.ClH/c1-11(2)9-20(13-4-5-13)16(21)15-8-17-7-14(15)12-6-18-19(3)10-12;/h6,10-11,13-15,17H,4-5,7-9H2,1-3H3;1H/t14-,15+;/m1./s1. The lowest BCUT2D eigenvalue weighted by molar-refractivity contribution is -0.136. The number of nitrogens with one attached hydrogen (secondary N) is 1. The van der Waals surface area contributed by atoms with E-state index >= 15 is 0 Å². The maximum atomic E-state index is 13.0. The van der Waals surface area contributed by atoms with E-state index in [0.29, 0.717) is 17.9 Å². The number of aromatic nitrogens is 2. The fourth-order valence-corrected chi connectivity index (χ4v) is 3.33. The topological polar surface area (TPSA) is 50.2 Å². The van der Waals surface area contributed by atoms with Crippen molar-refractivity contribution >= 4 is 18.3 Å². The molecule has 1 amide bonds. The number of rotatable bonds is 5. The average molecular weight is 327 g/mol. The van der Waals surface area contributed by atoms with Gasteiger partial charge >= 0.3 is 0 Å². The number of carbonyl (C=O) groups excluding carboxylic acids is 1.